The third-order valence-corrected chi connectivity index (χ3v) is 3.33. The summed E-state index contributed by atoms with van der Waals surface area (Å²) in [5.74, 6) is 0.415. The van der Waals surface area contributed by atoms with Gasteiger partial charge in [0.2, 0.25) is 11.8 Å². The van der Waals surface area contributed by atoms with E-state index in [-0.39, 0.29) is 18.4 Å². The molecule has 1 unspecified atom stereocenters. The first kappa shape index (κ1) is 15.9. The number of aliphatic hydroxyl groups excluding tert-OH is 1. The minimum Gasteiger partial charge on any atom is -0.396 e. The van der Waals surface area contributed by atoms with Crippen LogP contribution in [-0.2, 0) is 9.59 Å². The maximum atomic E-state index is 11.7. The van der Waals surface area contributed by atoms with Gasteiger partial charge in [-0.05, 0) is 31.7 Å². The van der Waals surface area contributed by atoms with E-state index in [1.165, 1.54) is 6.92 Å². The zero-order valence-electron chi connectivity index (χ0n) is 11.7. The summed E-state index contributed by atoms with van der Waals surface area (Å²) < 4.78 is 0. The molecule has 1 aliphatic heterocycles. The highest BCUT2D eigenvalue weighted by Crippen LogP contribution is 2.18. The molecule has 0 spiro atoms. The number of nitrogens with zero attached hydrogens (tertiary/aromatic N) is 1. The number of piperidine rings is 1. The van der Waals surface area contributed by atoms with Gasteiger partial charge < -0.3 is 15.7 Å². The lowest BCUT2D eigenvalue weighted by molar-refractivity contribution is -0.123. The van der Waals surface area contributed by atoms with Crippen LogP contribution in [0.3, 0.4) is 0 Å². The molecule has 0 aromatic carbocycles. The van der Waals surface area contributed by atoms with Gasteiger partial charge in [0.15, 0.2) is 0 Å². The van der Waals surface area contributed by atoms with E-state index in [2.05, 4.69) is 15.5 Å². The molecule has 1 saturated heterocycles. The summed E-state index contributed by atoms with van der Waals surface area (Å²) in [6.45, 7) is 4.85. The number of rotatable bonds is 7. The van der Waals surface area contributed by atoms with Crippen molar-refractivity contribution in [2.24, 2.45) is 5.92 Å². The SMILES string of the molecule is CC(=O)NCCNC(=O)CN1CCCC(CCO)C1. The van der Waals surface area contributed by atoms with Crippen LogP contribution < -0.4 is 10.6 Å². The van der Waals surface area contributed by atoms with Crippen molar-refractivity contribution in [2.75, 3.05) is 39.3 Å². The second-order valence-electron chi connectivity index (χ2n) is 5.09. The van der Waals surface area contributed by atoms with Crippen LogP contribution in [0.4, 0.5) is 0 Å². The quantitative estimate of drug-likeness (QED) is 0.537. The molecule has 2 amide bonds. The van der Waals surface area contributed by atoms with Gasteiger partial charge in [-0.1, -0.05) is 0 Å². The molecule has 110 valence electrons. The van der Waals surface area contributed by atoms with Crippen molar-refractivity contribution in [1.29, 1.82) is 0 Å². The number of hydrogen-bond donors (Lipinski definition) is 3. The Hall–Kier alpha value is -1.14. The topological polar surface area (TPSA) is 81.7 Å². The first-order valence-electron chi connectivity index (χ1n) is 6.96. The van der Waals surface area contributed by atoms with Crippen molar-refractivity contribution in [2.45, 2.75) is 26.2 Å². The Kier molecular flexibility index (Phi) is 7.43. The second kappa shape index (κ2) is 8.87. The Morgan fingerprint density at radius 2 is 2.05 bits per heavy atom. The lowest BCUT2D eigenvalue weighted by Crippen LogP contribution is -2.44. The molecule has 6 nitrogen and oxygen atoms in total. The fourth-order valence-corrected chi connectivity index (χ4v) is 2.41. The number of likely N-dealkylation sites (tertiary alicyclic amines) is 1. The fraction of sp³-hybridized carbons (Fsp3) is 0.846. The van der Waals surface area contributed by atoms with Gasteiger partial charge in [0.05, 0.1) is 6.54 Å². The molecule has 19 heavy (non-hydrogen) atoms. The van der Waals surface area contributed by atoms with Crippen LogP contribution in [0, 0.1) is 5.92 Å². The van der Waals surface area contributed by atoms with Gasteiger partial charge in [0, 0.05) is 33.2 Å². The smallest absolute Gasteiger partial charge is 0.234 e. The van der Waals surface area contributed by atoms with E-state index >= 15 is 0 Å². The van der Waals surface area contributed by atoms with Crippen LogP contribution in [0.25, 0.3) is 0 Å². The number of carbonyl (C=O) groups excluding carboxylic acids is 2. The van der Waals surface area contributed by atoms with Gasteiger partial charge in [-0.25, -0.2) is 0 Å². The highest BCUT2D eigenvalue weighted by molar-refractivity contribution is 5.78. The van der Waals surface area contributed by atoms with E-state index in [9.17, 15) is 9.59 Å². The first-order chi connectivity index (χ1) is 9.11. The van der Waals surface area contributed by atoms with Crippen molar-refractivity contribution in [3.8, 4) is 0 Å². The molecule has 1 heterocycles. The summed E-state index contributed by atoms with van der Waals surface area (Å²) in [6.07, 6.45) is 3.05. The third-order valence-electron chi connectivity index (χ3n) is 3.33. The van der Waals surface area contributed by atoms with E-state index in [0.29, 0.717) is 25.6 Å². The lowest BCUT2D eigenvalue weighted by atomic mass is 9.95. The number of amides is 2. The van der Waals surface area contributed by atoms with E-state index in [1.54, 1.807) is 0 Å². The summed E-state index contributed by atoms with van der Waals surface area (Å²) >= 11 is 0. The van der Waals surface area contributed by atoms with Gasteiger partial charge in [0.25, 0.3) is 0 Å². The molecular formula is C13H25N3O3. The zero-order chi connectivity index (χ0) is 14.1. The molecule has 0 radical (unpaired) electrons. The number of hydrogen-bond acceptors (Lipinski definition) is 4. The molecule has 1 aliphatic rings. The molecule has 1 rings (SSSR count). The summed E-state index contributed by atoms with van der Waals surface area (Å²) in [5.41, 5.74) is 0. The highest BCUT2D eigenvalue weighted by Gasteiger charge is 2.20. The Bertz CT molecular complexity index is 295. The molecule has 0 aliphatic carbocycles. The normalized spacial score (nSPS) is 20.0. The highest BCUT2D eigenvalue weighted by atomic mass is 16.3. The molecule has 0 bridgehead atoms. The standard InChI is InChI=1S/C13H25N3O3/c1-11(18)14-5-6-15-13(19)10-16-7-2-3-12(9-16)4-8-17/h12,17H,2-10H2,1H3,(H,14,18)(H,15,19). The van der Waals surface area contributed by atoms with Crippen molar-refractivity contribution in [3.05, 3.63) is 0 Å². The summed E-state index contributed by atoms with van der Waals surface area (Å²) in [4.78, 5) is 24.5. The Labute approximate surface area is 114 Å². The predicted octanol–water partition coefficient (Wildman–Crippen LogP) is -0.667. The van der Waals surface area contributed by atoms with E-state index in [0.717, 1.165) is 32.4 Å². The summed E-state index contributed by atoms with van der Waals surface area (Å²) in [5, 5.41) is 14.4. The van der Waals surface area contributed by atoms with Crippen LogP contribution >= 0.6 is 0 Å². The van der Waals surface area contributed by atoms with Gasteiger partial charge >= 0.3 is 0 Å². The summed E-state index contributed by atoms with van der Waals surface area (Å²) in [6, 6.07) is 0. The number of nitrogens with one attached hydrogen (secondary N) is 2. The minimum atomic E-state index is -0.0860. The molecule has 0 saturated carbocycles. The van der Waals surface area contributed by atoms with Crippen LogP contribution in [-0.4, -0.2) is 61.2 Å². The van der Waals surface area contributed by atoms with E-state index in [4.69, 9.17) is 5.11 Å². The van der Waals surface area contributed by atoms with Crippen molar-refractivity contribution < 1.29 is 14.7 Å². The Balaban J connectivity index is 2.15. The third kappa shape index (κ3) is 7.12. The van der Waals surface area contributed by atoms with Crippen molar-refractivity contribution >= 4 is 11.8 Å². The van der Waals surface area contributed by atoms with Crippen LogP contribution in [0.5, 0.6) is 0 Å². The molecule has 6 heteroatoms. The van der Waals surface area contributed by atoms with Gasteiger partial charge in [-0.15, -0.1) is 0 Å². The molecular weight excluding hydrogens is 246 g/mol. The fourth-order valence-electron chi connectivity index (χ4n) is 2.41. The van der Waals surface area contributed by atoms with Crippen molar-refractivity contribution in [3.63, 3.8) is 0 Å². The molecule has 0 aromatic heterocycles. The van der Waals surface area contributed by atoms with Gasteiger partial charge in [0.1, 0.15) is 0 Å². The Morgan fingerprint density at radius 3 is 2.74 bits per heavy atom. The maximum Gasteiger partial charge on any atom is 0.234 e. The first-order valence-corrected chi connectivity index (χ1v) is 6.96. The minimum absolute atomic E-state index is 0.00463. The largest absolute Gasteiger partial charge is 0.396 e. The van der Waals surface area contributed by atoms with Crippen LogP contribution in [0.15, 0.2) is 0 Å². The second-order valence-corrected chi connectivity index (χ2v) is 5.09. The van der Waals surface area contributed by atoms with Crippen LogP contribution in [0.2, 0.25) is 0 Å². The summed E-state index contributed by atoms with van der Waals surface area (Å²) in [7, 11) is 0. The maximum absolute atomic E-state index is 11.7. The van der Waals surface area contributed by atoms with Gasteiger partial charge in [-0.2, -0.15) is 0 Å². The molecule has 0 aromatic rings. The molecule has 1 fully saturated rings. The van der Waals surface area contributed by atoms with Crippen LogP contribution in [0.1, 0.15) is 26.2 Å². The molecule has 3 N–H and O–H groups in total. The average Bonchev–Trinajstić information content (AvgIpc) is 2.35. The van der Waals surface area contributed by atoms with E-state index < -0.39 is 0 Å². The molecule has 1 atom stereocenters. The van der Waals surface area contributed by atoms with Crippen molar-refractivity contribution in [1.82, 2.24) is 15.5 Å². The predicted molar refractivity (Wildman–Crippen MR) is 72.6 cm³/mol. The van der Waals surface area contributed by atoms with Gasteiger partial charge in [-0.3, -0.25) is 14.5 Å². The van der Waals surface area contributed by atoms with E-state index in [1.807, 2.05) is 0 Å². The average molecular weight is 271 g/mol. The monoisotopic (exact) mass is 271 g/mol. The zero-order valence-corrected chi connectivity index (χ0v) is 11.7. The number of carbonyl (C=O) groups is 2. The Morgan fingerprint density at radius 1 is 1.32 bits per heavy atom. The number of aliphatic hydroxyl groups is 1. The lowest BCUT2D eigenvalue weighted by Gasteiger charge is -2.31.